The Bertz CT molecular complexity index is 852. The van der Waals surface area contributed by atoms with Crippen molar-refractivity contribution in [3.63, 3.8) is 0 Å². The normalized spacial score (nSPS) is 13.2. The second-order valence-corrected chi connectivity index (χ2v) is 6.32. The summed E-state index contributed by atoms with van der Waals surface area (Å²) in [6.45, 7) is -1.23. The Morgan fingerprint density at radius 3 is 2.11 bits per heavy atom. The Morgan fingerprint density at radius 1 is 1.00 bits per heavy atom. The molecular weight excluding hydrogens is 364 g/mol. The van der Waals surface area contributed by atoms with E-state index in [-0.39, 0.29) is 12.5 Å². The number of aliphatic carboxylic acids is 1. The molecule has 1 atom stereocenters. The van der Waals surface area contributed by atoms with Crippen LogP contribution in [-0.4, -0.2) is 54.0 Å². The van der Waals surface area contributed by atoms with Crippen LogP contribution in [0.15, 0.2) is 48.5 Å². The zero-order chi connectivity index (χ0) is 20.1. The molecule has 2 aromatic rings. The number of nitrogens with one attached hydrogen (secondary N) is 2. The summed E-state index contributed by atoms with van der Waals surface area (Å²) < 4.78 is 5.29. The minimum absolute atomic E-state index is 0.0642. The zero-order valence-corrected chi connectivity index (χ0v) is 14.9. The Morgan fingerprint density at radius 2 is 1.57 bits per heavy atom. The largest absolute Gasteiger partial charge is 0.480 e. The molecule has 1 aliphatic carbocycles. The highest BCUT2D eigenvalue weighted by atomic mass is 16.5. The van der Waals surface area contributed by atoms with E-state index >= 15 is 0 Å². The van der Waals surface area contributed by atoms with Crippen molar-refractivity contribution in [1.29, 1.82) is 0 Å². The van der Waals surface area contributed by atoms with Crippen molar-refractivity contribution in [3.8, 4) is 11.1 Å². The average molecular weight is 384 g/mol. The highest BCUT2D eigenvalue weighted by molar-refractivity contribution is 5.88. The van der Waals surface area contributed by atoms with Gasteiger partial charge in [-0.05, 0) is 22.3 Å². The summed E-state index contributed by atoms with van der Waals surface area (Å²) in [6.07, 6.45) is -0.869. The molecule has 2 aromatic carbocycles. The van der Waals surface area contributed by atoms with E-state index in [4.69, 9.17) is 9.84 Å². The number of hydrogen-bond acceptors (Lipinski definition) is 5. The Balaban J connectivity index is 1.63. The highest BCUT2D eigenvalue weighted by Crippen LogP contribution is 2.44. The van der Waals surface area contributed by atoms with Gasteiger partial charge in [0, 0.05) is 5.92 Å². The standard InChI is InChI=1S/C20H20N2O6/c23-10-17(19(26)21-9-18(24)25)22-20(27)28-11-16-14-7-3-1-5-12(14)13-6-2-4-8-15(13)16/h1-8,16-17,23H,9-11H2,(H,21,26)(H,22,27)(H,24,25)/t17-/m0/s1. The fourth-order valence-corrected chi connectivity index (χ4v) is 3.26. The molecule has 0 heterocycles. The lowest BCUT2D eigenvalue weighted by molar-refractivity contribution is -0.138. The van der Waals surface area contributed by atoms with Crippen LogP contribution < -0.4 is 10.6 Å². The number of carbonyl (C=O) groups is 3. The summed E-state index contributed by atoms with van der Waals surface area (Å²) in [5.74, 6) is -2.17. The van der Waals surface area contributed by atoms with Gasteiger partial charge in [0.05, 0.1) is 6.61 Å². The molecule has 0 radical (unpaired) electrons. The second kappa shape index (κ2) is 8.53. The van der Waals surface area contributed by atoms with Gasteiger partial charge in [-0.3, -0.25) is 9.59 Å². The van der Waals surface area contributed by atoms with Gasteiger partial charge in [-0.25, -0.2) is 4.79 Å². The van der Waals surface area contributed by atoms with Gasteiger partial charge in [-0.15, -0.1) is 0 Å². The lowest BCUT2D eigenvalue weighted by atomic mass is 9.98. The van der Waals surface area contributed by atoms with Gasteiger partial charge in [0.15, 0.2) is 0 Å². The summed E-state index contributed by atoms with van der Waals surface area (Å²) in [5.41, 5.74) is 4.28. The predicted molar refractivity (Wildman–Crippen MR) is 99.7 cm³/mol. The first-order valence-electron chi connectivity index (χ1n) is 8.73. The molecule has 0 saturated heterocycles. The summed E-state index contributed by atoms with van der Waals surface area (Å²) in [6, 6.07) is 14.5. The lowest BCUT2D eigenvalue weighted by Crippen LogP contribution is -2.50. The van der Waals surface area contributed by atoms with Crippen LogP contribution in [0.2, 0.25) is 0 Å². The first kappa shape index (κ1) is 19.4. The number of benzene rings is 2. The van der Waals surface area contributed by atoms with E-state index in [9.17, 15) is 19.5 Å². The number of aliphatic hydroxyl groups is 1. The van der Waals surface area contributed by atoms with Gasteiger partial charge in [0.1, 0.15) is 19.2 Å². The predicted octanol–water partition coefficient (Wildman–Crippen LogP) is 1.09. The van der Waals surface area contributed by atoms with Crippen molar-refractivity contribution in [1.82, 2.24) is 10.6 Å². The van der Waals surface area contributed by atoms with E-state index in [0.29, 0.717) is 0 Å². The first-order chi connectivity index (χ1) is 13.5. The van der Waals surface area contributed by atoms with Crippen LogP contribution in [0.3, 0.4) is 0 Å². The van der Waals surface area contributed by atoms with E-state index in [2.05, 4.69) is 10.6 Å². The van der Waals surface area contributed by atoms with Crippen LogP contribution >= 0.6 is 0 Å². The minimum atomic E-state index is -1.30. The topological polar surface area (TPSA) is 125 Å². The third kappa shape index (κ3) is 4.12. The van der Waals surface area contributed by atoms with Crippen LogP contribution in [0.1, 0.15) is 17.0 Å². The smallest absolute Gasteiger partial charge is 0.407 e. The average Bonchev–Trinajstić information content (AvgIpc) is 3.02. The number of aliphatic hydroxyl groups excluding tert-OH is 1. The number of ether oxygens (including phenoxy) is 1. The fourth-order valence-electron chi connectivity index (χ4n) is 3.26. The quantitative estimate of drug-likeness (QED) is 0.566. The molecule has 1 aliphatic rings. The van der Waals surface area contributed by atoms with Gasteiger partial charge in [-0.2, -0.15) is 0 Å². The molecule has 2 amide bonds. The summed E-state index contributed by atoms with van der Waals surface area (Å²) >= 11 is 0. The number of carboxylic acids is 1. The molecule has 0 aliphatic heterocycles. The summed E-state index contributed by atoms with van der Waals surface area (Å²) in [5, 5.41) is 22.2. The van der Waals surface area contributed by atoms with E-state index < -0.39 is 37.2 Å². The zero-order valence-electron chi connectivity index (χ0n) is 14.9. The van der Waals surface area contributed by atoms with Crippen LogP contribution in [0.4, 0.5) is 4.79 Å². The van der Waals surface area contributed by atoms with E-state index in [0.717, 1.165) is 22.3 Å². The van der Waals surface area contributed by atoms with Crippen LogP contribution in [-0.2, 0) is 14.3 Å². The molecule has 8 heteroatoms. The first-order valence-corrected chi connectivity index (χ1v) is 8.73. The van der Waals surface area contributed by atoms with E-state index in [1.807, 2.05) is 48.5 Å². The van der Waals surface area contributed by atoms with Gasteiger partial charge < -0.3 is 25.6 Å². The molecule has 0 saturated carbocycles. The monoisotopic (exact) mass is 384 g/mol. The molecule has 0 spiro atoms. The van der Waals surface area contributed by atoms with Crippen molar-refractivity contribution in [2.45, 2.75) is 12.0 Å². The number of amides is 2. The molecule has 3 rings (SSSR count). The van der Waals surface area contributed by atoms with Crippen molar-refractivity contribution in [3.05, 3.63) is 59.7 Å². The maximum Gasteiger partial charge on any atom is 0.407 e. The van der Waals surface area contributed by atoms with Crippen molar-refractivity contribution < 1.29 is 29.3 Å². The molecule has 8 nitrogen and oxygen atoms in total. The summed E-state index contributed by atoms with van der Waals surface area (Å²) in [4.78, 5) is 34.4. The Hall–Kier alpha value is -3.39. The maximum absolute atomic E-state index is 12.1. The molecule has 0 aromatic heterocycles. The number of carbonyl (C=O) groups excluding carboxylic acids is 2. The van der Waals surface area contributed by atoms with Gasteiger partial charge in [0.25, 0.3) is 0 Å². The molecular formula is C20H20N2O6. The van der Waals surface area contributed by atoms with Crippen molar-refractivity contribution in [2.75, 3.05) is 19.8 Å². The van der Waals surface area contributed by atoms with E-state index in [1.165, 1.54) is 0 Å². The van der Waals surface area contributed by atoms with Crippen LogP contribution in [0, 0.1) is 0 Å². The van der Waals surface area contributed by atoms with Crippen molar-refractivity contribution >= 4 is 18.0 Å². The Labute approximate surface area is 161 Å². The molecule has 28 heavy (non-hydrogen) atoms. The fraction of sp³-hybridized carbons (Fsp3) is 0.250. The number of hydrogen-bond donors (Lipinski definition) is 4. The molecule has 146 valence electrons. The molecule has 0 fully saturated rings. The molecule has 4 N–H and O–H groups in total. The number of rotatable bonds is 7. The van der Waals surface area contributed by atoms with Gasteiger partial charge in [0.2, 0.25) is 5.91 Å². The van der Waals surface area contributed by atoms with Crippen molar-refractivity contribution in [2.24, 2.45) is 0 Å². The van der Waals surface area contributed by atoms with Crippen LogP contribution in [0.5, 0.6) is 0 Å². The minimum Gasteiger partial charge on any atom is -0.480 e. The number of alkyl carbamates (subject to hydrolysis) is 1. The lowest BCUT2D eigenvalue weighted by Gasteiger charge is -2.18. The number of carboxylic acid groups (broad SMARTS) is 1. The summed E-state index contributed by atoms with van der Waals surface area (Å²) in [7, 11) is 0. The number of fused-ring (bicyclic) bond motifs is 3. The second-order valence-electron chi connectivity index (χ2n) is 6.32. The van der Waals surface area contributed by atoms with E-state index in [1.54, 1.807) is 0 Å². The third-order valence-corrected chi connectivity index (χ3v) is 4.55. The van der Waals surface area contributed by atoms with Gasteiger partial charge >= 0.3 is 12.1 Å². The van der Waals surface area contributed by atoms with Gasteiger partial charge in [-0.1, -0.05) is 48.5 Å². The SMILES string of the molecule is O=C(O)CNC(=O)[C@H](CO)NC(=O)OCC1c2ccccc2-c2ccccc21. The third-order valence-electron chi connectivity index (χ3n) is 4.55. The highest BCUT2D eigenvalue weighted by Gasteiger charge is 2.29. The molecule has 0 unspecified atom stereocenters. The maximum atomic E-state index is 12.1. The van der Waals surface area contributed by atoms with Crippen LogP contribution in [0.25, 0.3) is 11.1 Å². The Kier molecular flexibility index (Phi) is 5.90. The molecule has 0 bridgehead atoms.